The zero-order valence-electron chi connectivity index (χ0n) is 14.7. The summed E-state index contributed by atoms with van der Waals surface area (Å²) in [5, 5.41) is 11.8. The van der Waals surface area contributed by atoms with E-state index in [2.05, 4.69) is 5.32 Å². The molecule has 0 radical (unpaired) electrons. The Hall–Kier alpha value is -3.13. The van der Waals surface area contributed by atoms with Crippen LogP contribution in [0.4, 0.5) is 11.4 Å². The summed E-state index contributed by atoms with van der Waals surface area (Å²) in [6.45, 7) is 5.71. The Morgan fingerprint density at radius 3 is 2.52 bits per heavy atom. The van der Waals surface area contributed by atoms with Gasteiger partial charge in [-0.3, -0.25) is 9.59 Å². The van der Waals surface area contributed by atoms with Gasteiger partial charge in [0.1, 0.15) is 6.07 Å². The molecule has 0 heterocycles. The van der Waals surface area contributed by atoms with Gasteiger partial charge in [-0.2, -0.15) is 5.26 Å². The summed E-state index contributed by atoms with van der Waals surface area (Å²) in [6.07, 6.45) is 0.145. The molecule has 2 aromatic carbocycles. The molecule has 5 heteroatoms. The zero-order chi connectivity index (χ0) is 18.4. The Morgan fingerprint density at radius 2 is 1.88 bits per heavy atom. The second-order valence-electron chi connectivity index (χ2n) is 5.92. The standard InChI is InChI=1S/C20H21N3O2/c1-14-8-9-19(15(2)12-14)23(16(3)24)11-10-20(25)22-18-7-5-4-6-17(18)13-21/h4-9,12H,10-11H2,1-3H3,(H,22,25). The number of para-hydroxylation sites is 1. The summed E-state index contributed by atoms with van der Waals surface area (Å²) in [6, 6.07) is 14.7. The van der Waals surface area contributed by atoms with Gasteiger partial charge in [0.15, 0.2) is 0 Å². The summed E-state index contributed by atoms with van der Waals surface area (Å²) in [5.74, 6) is -0.351. The lowest BCUT2D eigenvalue weighted by atomic mass is 10.1. The average molecular weight is 335 g/mol. The molecule has 2 rings (SSSR count). The van der Waals surface area contributed by atoms with Crippen LogP contribution in [0.15, 0.2) is 42.5 Å². The zero-order valence-corrected chi connectivity index (χ0v) is 14.7. The van der Waals surface area contributed by atoms with Crippen LogP contribution in [0.25, 0.3) is 0 Å². The van der Waals surface area contributed by atoms with Crippen molar-refractivity contribution in [2.45, 2.75) is 27.2 Å². The first kappa shape index (κ1) is 18.2. The maximum absolute atomic E-state index is 12.2. The number of amides is 2. The fourth-order valence-electron chi connectivity index (χ4n) is 2.67. The number of rotatable bonds is 5. The molecule has 2 amide bonds. The van der Waals surface area contributed by atoms with Crippen LogP contribution in [0.5, 0.6) is 0 Å². The van der Waals surface area contributed by atoms with Gasteiger partial charge in [0.25, 0.3) is 0 Å². The number of nitrogens with one attached hydrogen (secondary N) is 1. The molecule has 0 bridgehead atoms. The molecule has 0 aliphatic rings. The molecule has 0 aromatic heterocycles. The number of nitriles is 1. The minimum absolute atomic E-state index is 0.114. The van der Waals surface area contributed by atoms with Crippen LogP contribution in [-0.4, -0.2) is 18.4 Å². The van der Waals surface area contributed by atoms with Crippen molar-refractivity contribution in [1.82, 2.24) is 0 Å². The highest BCUT2D eigenvalue weighted by Gasteiger charge is 2.16. The Labute approximate surface area is 147 Å². The molecule has 0 fully saturated rings. The molecular formula is C20H21N3O2. The van der Waals surface area contributed by atoms with Gasteiger partial charge in [-0.25, -0.2) is 0 Å². The Balaban J connectivity index is 2.07. The number of hydrogen-bond acceptors (Lipinski definition) is 3. The van der Waals surface area contributed by atoms with Gasteiger partial charge < -0.3 is 10.2 Å². The second-order valence-corrected chi connectivity index (χ2v) is 5.92. The van der Waals surface area contributed by atoms with Gasteiger partial charge in [0.05, 0.1) is 11.3 Å². The van der Waals surface area contributed by atoms with Crippen molar-refractivity contribution in [3.05, 3.63) is 59.2 Å². The molecule has 0 saturated carbocycles. The van der Waals surface area contributed by atoms with E-state index in [1.165, 1.54) is 6.92 Å². The summed E-state index contributed by atoms with van der Waals surface area (Å²) in [7, 11) is 0. The van der Waals surface area contributed by atoms with Crippen molar-refractivity contribution >= 4 is 23.2 Å². The van der Waals surface area contributed by atoms with Gasteiger partial charge in [-0.1, -0.05) is 29.8 Å². The van der Waals surface area contributed by atoms with E-state index in [0.717, 1.165) is 16.8 Å². The van der Waals surface area contributed by atoms with Gasteiger partial charge in [-0.15, -0.1) is 0 Å². The number of aryl methyl sites for hydroxylation is 2. The van der Waals surface area contributed by atoms with E-state index < -0.39 is 0 Å². The van der Waals surface area contributed by atoms with Crippen molar-refractivity contribution in [3.8, 4) is 6.07 Å². The van der Waals surface area contributed by atoms with Crippen molar-refractivity contribution in [1.29, 1.82) is 5.26 Å². The fourth-order valence-corrected chi connectivity index (χ4v) is 2.67. The van der Waals surface area contributed by atoms with E-state index in [1.807, 2.05) is 38.1 Å². The number of carbonyl (C=O) groups is 2. The van der Waals surface area contributed by atoms with Crippen LogP contribution in [-0.2, 0) is 9.59 Å². The van der Waals surface area contributed by atoms with Crippen molar-refractivity contribution in [2.75, 3.05) is 16.8 Å². The van der Waals surface area contributed by atoms with E-state index in [0.29, 0.717) is 11.3 Å². The van der Waals surface area contributed by atoms with E-state index >= 15 is 0 Å². The Kier molecular flexibility index (Phi) is 5.91. The third-order valence-electron chi connectivity index (χ3n) is 3.91. The molecule has 2 aromatic rings. The molecule has 0 saturated heterocycles. The average Bonchev–Trinajstić information content (AvgIpc) is 2.57. The molecular weight excluding hydrogens is 314 g/mol. The lowest BCUT2D eigenvalue weighted by Crippen LogP contribution is -2.32. The lowest BCUT2D eigenvalue weighted by Gasteiger charge is -2.23. The third-order valence-corrected chi connectivity index (χ3v) is 3.91. The quantitative estimate of drug-likeness (QED) is 0.908. The smallest absolute Gasteiger partial charge is 0.226 e. The topological polar surface area (TPSA) is 73.2 Å². The minimum Gasteiger partial charge on any atom is -0.325 e. The highest BCUT2D eigenvalue weighted by atomic mass is 16.2. The Morgan fingerprint density at radius 1 is 1.16 bits per heavy atom. The molecule has 1 N–H and O–H groups in total. The second kappa shape index (κ2) is 8.11. The predicted octanol–water partition coefficient (Wildman–Crippen LogP) is 3.56. The highest BCUT2D eigenvalue weighted by molar-refractivity contribution is 5.95. The first-order valence-electron chi connectivity index (χ1n) is 8.06. The van der Waals surface area contributed by atoms with Crippen LogP contribution < -0.4 is 10.2 Å². The van der Waals surface area contributed by atoms with E-state index in [4.69, 9.17) is 5.26 Å². The van der Waals surface area contributed by atoms with Gasteiger partial charge in [0.2, 0.25) is 11.8 Å². The molecule has 0 aliphatic heterocycles. The van der Waals surface area contributed by atoms with Crippen LogP contribution in [0.1, 0.15) is 30.0 Å². The molecule has 0 spiro atoms. The molecule has 25 heavy (non-hydrogen) atoms. The van der Waals surface area contributed by atoms with Crippen LogP contribution in [0, 0.1) is 25.2 Å². The van der Waals surface area contributed by atoms with Crippen LogP contribution >= 0.6 is 0 Å². The lowest BCUT2D eigenvalue weighted by molar-refractivity contribution is -0.117. The van der Waals surface area contributed by atoms with E-state index in [-0.39, 0.29) is 24.8 Å². The van der Waals surface area contributed by atoms with Crippen molar-refractivity contribution in [2.24, 2.45) is 0 Å². The maximum Gasteiger partial charge on any atom is 0.226 e. The summed E-state index contributed by atoms with van der Waals surface area (Å²) < 4.78 is 0. The molecule has 0 unspecified atom stereocenters. The van der Waals surface area contributed by atoms with Gasteiger partial charge >= 0.3 is 0 Å². The maximum atomic E-state index is 12.2. The number of hydrogen-bond donors (Lipinski definition) is 1. The number of anilines is 2. The van der Waals surface area contributed by atoms with Crippen LogP contribution in [0.3, 0.4) is 0 Å². The molecule has 0 aliphatic carbocycles. The fraction of sp³-hybridized carbons (Fsp3) is 0.250. The van der Waals surface area contributed by atoms with E-state index in [1.54, 1.807) is 29.2 Å². The summed E-state index contributed by atoms with van der Waals surface area (Å²) in [4.78, 5) is 25.8. The van der Waals surface area contributed by atoms with Crippen LogP contribution in [0.2, 0.25) is 0 Å². The Bertz CT molecular complexity index is 837. The first-order chi connectivity index (χ1) is 11.9. The molecule has 0 atom stereocenters. The van der Waals surface area contributed by atoms with Gasteiger partial charge in [0, 0.05) is 25.6 Å². The predicted molar refractivity (Wildman–Crippen MR) is 98.3 cm³/mol. The normalized spacial score (nSPS) is 10.0. The summed E-state index contributed by atoms with van der Waals surface area (Å²) >= 11 is 0. The number of benzene rings is 2. The van der Waals surface area contributed by atoms with Crippen molar-refractivity contribution < 1.29 is 9.59 Å². The van der Waals surface area contributed by atoms with Gasteiger partial charge in [-0.05, 0) is 37.6 Å². The first-order valence-corrected chi connectivity index (χ1v) is 8.06. The minimum atomic E-state index is -0.237. The largest absolute Gasteiger partial charge is 0.325 e. The summed E-state index contributed by atoms with van der Waals surface area (Å²) in [5.41, 5.74) is 3.81. The number of carbonyl (C=O) groups excluding carboxylic acids is 2. The third kappa shape index (κ3) is 4.67. The SMILES string of the molecule is CC(=O)N(CCC(=O)Nc1ccccc1C#N)c1ccc(C)cc1C. The number of nitrogens with zero attached hydrogens (tertiary/aromatic N) is 2. The highest BCUT2D eigenvalue weighted by Crippen LogP contribution is 2.22. The van der Waals surface area contributed by atoms with E-state index in [9.17, 15) is 9.59 Å². The molecule has 5 nitrogen and oxygen atoms in total. The molecule has 128 valence electrons. The monoisotopic (exact) mass is 335 g/mol. The van der Waals surface area contributed by atoms with Crippen molar-refractivity contribution in [3.63, 3.8) is 0 Å².